The van der Waals surface area contributed by atoms with Gasteiger partial charge in [0.25, 0.3) is 0 Å². The number of benzene rings is 2. The molecule has 0 aliphatic carbocycles. The van der Waals surface area contributed by atoms with Crippen LogP contribution < -0.4 is 4.74 Å². The quantitative estimate of drug-likeness (QED) is 0.632. The van der Waals surface area contributed by atoms with Crippen molar-refractivity contribution in [2.45, 2.75) is 23.9 Å². The minimum atomic E-state index is -0.279. The highest BCUT2D eigenvalue weighted by molar-refractivity contribution is 8.00. The van der Waals surface area contributed by atoms with Crippen molar-refractivity contribution in [2.75, 3.05) is 14.2 Å². The van der Waals surface area contributed by atoms with E-state index < -0.39 is 0 Å². The second-order valence-electron chi connectivity index (χ2n) is 6.14. The van der Waals surface area contributed by atoms with E-state index in [0.29, 0.717) is 17.5 Å². The van der Waals surface area contributed by atoms with E-state index in [1.54, 1.807) is 12.0 Å². The van der Waals surface area contributed by atoms with Gasteiger partial charge in [0, 0.05) is 19.2 Å². The number of carbonyl (C=O) groups excluding carboxylic acids is 1. The molecule has 1 heterocycles. The number of rotatable bonds is 7. The van der Waals surface area contributed by atoms with E-state index in [4.69, 9.17) is 4.74 Å². The summed E-state index contributed by atoms with van der Waals surface area (Å²) in [5.74, 6) is 1.49. The van der Waals surface area contributed by atoms with Crippen LogP contribution in [0.5, 0.6) is 5.75 Å². The van der Waals surface area contributed by atoms with E-state index in [1.165, 1.54) is 11.8 Å². The lowest BCUT2D eigenvalue weighted by atomic mass is 10.2. The summed E-state index contributed by atoms with van der Waals surface area (Å²) < 4.78 is 5.16. The van der Waals surface area contributed by atoms with Crippen molar-refractivity contribution in [3.63, 3.8) is 0 Å². The van der Waals surface area contributed by atoms with Crippen LogP contribution in [0.15, 0.2) is 59.8 Å². The zero-order valence-electron chi connectivity index (χ0n) is 15.5. The average Bonchev–Trinajstić information content (AvgIpc) is 3.16. The topological polar surface area (TPSA) is 71.1 Å². The van der Waals surface area contributed by atoms with Crippen molar-refractivity contribution in [3.05, 3.63) is 60.2 Å². The van der Waals surface area contributed by atoms with Crippen LogP contribution in [0.3, 0.4) is 0 Å². The third-order valence-corrected chi connectivity index (χ3v) is 5.05. The third kappa shape index (κ3) is 4.89. The van der Waals surface area contributed by atoms with Gasteiger partial charge in [-0.25, -0.2) is 4.98 Å². The summed E-state index contributed by atoms with van der Waals surface area (Å²) in [5, 5.41) is 7.42. The molecule has 1 aromatic heterocycles. The molecule has 0 saturated heterocycles. The van der Waals surface area contributed by atoms with Crippen molar-refractivity contribution >= 4 is 17.7 Å². The number of nitrogens with zero attached hydrogens (tertiary/aromatic N) is 3. The van der Waals surface area contributed by atoms with Gasteiger partial charge < -0.3 is 9.64 Å². The van der Waals surface area contributed by atoms with Crippen molar-refractivity contribution in [1.82, 2.24) is 20.1 Å². The summed E-state index contributed by atoms with van der Waals surface area (Å²) >= 11 is 1.34. The summed E-state index contributed by atoms with van der Waals surface area (Å²) in [6.45, 7) is 2.45. The fraction of sp³-hybridized carbons (Fsp3) is 0.250. The maximum Gasteiger partial charge on any atom is 0.235 e. The summed E-state index contributed by atoms with van der Waals surface area (Å²) in [5.41, 5.74) is 2.01. The SMILES string of the molecule is COc1ccc(-c2nc(SC(C)C(=O)N(C)Cc3ccccc3)n[nH]2)cc1. The van der Waals surface area contributed by atoms with Gasteiger partial charge in [0.05, 0.1) is 12.4 Å². The molecule has 3 aromatic rings. The Morgan fingerprint density at radius 1 is 1.19 bits per heavy atom. The first-order valence-corrected chi connectivity index (χ1v) is 9.47. The van der Waals surface area contributed by atoms with Gasteiger partial charge >= 0.3 is 0 Å². The second-order valence-corrected chi connectivity index (χ2v) is 7.44. The first-order chi connectivity index (χ1) is 13.1. The van der Waals surface area contributed by atoms with E-state index in [-0.39, 0.29) is 11.2 Å². The lowest BCUT2D eigenvalue weighted by Crippen LogP contribution is -2.32. The molecule has 0 fully saturated rings. The first kappa shape index (κ1) is 19.0. The van der Waals surface area contributed by atoms with Crippen molar-refractivity contribution in [3.8, 4) is 17.1 Å². The number of hydrogen-bond acceptors (Lipinski definition) is 5. The zero-order valence-corrected chi connectivity index (χ0v) is 16.4. The molecule has 1 atom stereocenters. The van der Waals surface area contributed by atoms with E-state index in [0.717, 1.165) is 16.9 Å². The number of ether oxygens (including phenoxy) is 1. The molecular weight excluding hydrogens is 360 g/mol. The number of H-pyrrole nitrogens is 1. The molecule has 0 aliphatic heterocycles. The summed E-state index contributed by atoms with van der Waals surface area (Å²) in [4.78, 5) is 18.8. The highest BCUT2D eigenvalue weighted by Gasteiger charge is 2.21. The van der Waals surface area contributed by atoms with Crippen LogP contribution in [0.1, 0.15) is 12.5 Å². The van der Waals surface area contributed by atoms with Gasteiger partial charge in [0.15, 0.2) is 5.82 Å². The largest absolute Gasteiger partial charge is 0.497 e. The fourth-order valence-electron chi connectivity index (χ4n) is 2.63. The third-order valence-electron chi connectivity index (χ3n) is 4.10. The minimum absolute atomic E-state index is 0.0413. The Labute approximate surface area is 163 Å². The smallest absolute Gasteiger partial charge is 0.235 e. The van der Waals surface area contributed by atoms with Crippen LogP contribution >= 0.6 is 11.8 Å². The molecule has 1 unspecified atom stereocenters. The van der Waals surface area contributed by atoms with Crippen LogP contribution in [-0.4, -0.2) is 45.4 Å². The van der Waals surface area contributed by atoms with E-state index in [9.17, 15) is 4.79 Å². The van der Waals surface area contributed by atoms with Crippen LogP contribution in [0, 0.1) is 0 Å². The molecule has 2 aromatic carbocycles. The second kappa shape index (κ2) is 8.73. The van der Waals surface area contributed by atoms with Crippen LogP contribution in [0.25, 0.3) is 11.4 Å². The highest BCUT2D eigenvalue weighted by atomic mass is 32.2. The maximum absolute atomic E-state index is 12.6. The van der Waals surface area contributed by atoms with E-state index in [1.807, 2.05) is 68.6 Å². The predicted molar refractivity (Wildman–Crippen MR) is 107 cm³/mol. The van der Waals surface area contributed by atoms with Gasteiger partial charge in [-0.1, -0.05) is 42.1 Å². The normalized spacial score (nSPS) is 11.8. The summed E-state index contributed by atoms with van der Waals surface area (Å²) in [6.07, 6.45) is 0. The molecule has 0 bridgehead atoms. The molecular formula is C20H22N4O2S. The van der Waals surface area contributed by atoms with Crippen molar-refractivity contribution in [1.29, 1.82) is 0 Å². The highest BCUT2D eigenvalue weighted by Crippen LogP contribution is 2.25. The summed E-state index contributed by atoms with van der Waals surface area (Å²) in [7, 11) is 3.44. The zero-order chi connectivity index (χ0) is 19.2. The lowest BCUT2D eigenvalue weighted by molar-refractivity contribution is -0.129. The number of carbonyl (C=O) groups is 1. The maximum atomic E-state index is 12.6. The van der Waals surface area contributed by atoms with Crippen molar-refractivity contribution in [2.24, 2.45) is 0 Å². The monoisotopic (exact) mass is 382 g/mol. The Balaban J connectivity index is 1.61. The average molecular weight is 382 g/mol. The molecule has 1 amide bonds. The molecule has 0 aliphatic rings. The Hall–Kier alpha value is -2.80. The Bertz CT molecular complexity index is 881. The van der Waals surface area contributed by atoms with Gasteiger partial charge in [-0.05, 0) is 36.8 Å². The molecule has 0 radical (unpaired) electrons. The molecule has 0 spiro atoms. The number of hydrogen-bond donors (Lipinski definition) is 1. The molecule has 140 valence electrons. The van der Waals surface area contributed by atoms with Crippen LogP contribution in [0.4, 0.5) is 0 Å². The number of thioether (sulfide) groups is 1. The Kier molecular flexibility index (Phi) is 6.13. The minimum Gasteiger partial charge on any atom is -0.497 e. The van der Waals surface area contributed by atoms with E-state index >= 15 is 0 Å². The van der Waals surface area contributed by atoms with Gasteiger partial charge in [0.1, 0.15) is 5.75 Å². The standard InChI is InChI=1S/C20H22N4O2S/c1-14(19(25)24(2)13-15-7-5-4-6-8-15)27-20-21-18(22-23-20)16-9-11-17(26-3)12-10-16/h4-12,14H,13H2,1-3H3,(H,21,22,23). The number of amides is 1. The molecule has 27 heavy (non-hydrogen) atoms. The molecule has 1 N–H and O–H groups in total. The fourth-order valence-corrected chi connectivity index (χ4v) is 3.47. The van der Waals surface area contributed by atoms with Crippen LogP contribution in [0.2, 0.25) is 0 Å². The van der Waals surface area contributed by atoms with Crippen LogP contribution in [-0.2, 0) is 11.3 Å². The van der Waals surface area contributed by atoms with Gasteiger partial charge in [-0.3, -0.25) is 9.89 Å². The number of nitrogens with one attached hydrogen (secondary N) is 1. The first-order valence-electron chi connectivity index (χ1n) is 8.59. The molecule has 6 nitrogen and oxygen atoms in total. The summed E-state index contributed by atoms with van der Waals surface area (Å²) in [6, 6.07) is 17.5. The number of aromatic nitrogens is 3. The van der Waals surface area contributed by atoms with Crippen molar-refractivity contribution < 1.29 is 9.53 Å². The number of aromatic amines is 1. The number of methoxy groups -OCH3 is 1. The molecule has 3 rings (SSSR count). The van der Waals surface area contributed by atoms with Gasteiger partial charge in [-0.15, -0.1) is 5.10 Å². The van der Waals surface area contributed by atoms with E-state index in [2.05, 4.69) is 15.2 Å². The molecule has 0 saturated carbocycles. The van der Waals surface area contributed by atoms with Gasteiger partial charge in [0.2, 0.25) is 11.1 Å². The Morgan fingerprint density at radius 3 is 2.56 bits per heavy atom. The predicted octanol–water partition coefficient (Wildman–Crippen LogP) is 3.62. The molecule has 7 heteroatoms. The Morgan fingerprint density at radius 2 is 1.89 bits per heavy atom. The van der Waals surface area contributed by atoms with Gasteiger partial charge in [-0.2, -0.15) is 0 Å². The lowest BCUT2D eigenvalue weighted by Gasteiger charge is -2.20.